The van der Waals surface area contributed by atoms with E-state index in [-0.39, 0.29) is 0 Å². The van der Waals surface area contributed by atoms with Gasteiger partial charge in [-0.2, -0.15) is 0 Å². The summed E-state index contributed by atoms with van der Waals surface area (Å²) in [4.78, 5) is 22.0. The van der Waals surface area contributed by atoms with Gasteiger partial charge in [-0.1, -0.05) is 0 Å². The van der Waals surface area contributed by atoms with Crippen molar-refractivity contribution < 1.29 is 9.73 Å². The van der Waals surface area contributed by atoms with Crippen molar-refractivity contribution >= 4 is 6.03 Å². The van der Waals surface area contributed by atoms with Crippen molar-refractivity contribution in [1.82, 2.24) is 5.48 Å². The van der Waals surface area contributed by atoms with Crippen LogP contribution in [0.4, 0.5) is 4.79 Å². The van der Waals surface area contributed by atoms with Crippen LogP contribution in [0.2, 0.25) is 0 Å². The molecule has 3 N–H and O–H groups in total. The van der Waals surface area contributed by atoms with Gasteiger partial charge in [-0.3, -0.25) is 0 Å². The summed E-state index contributed by atoms with van der Waals surface area (Å²) in [6, 6.07) is -0.959. The maximum Gasteiger partial charge on any atom is 0.347 e. The largest absolute Gasteiger partial charge is 0.349 e. The summed E-state index contributed by atoms with van der Waals surface area (Å²) in [5.41, 5.74) is 5.86. The van der Waals surface area contributed by atoms with Crippen LogP contribution in [-0.4, -0.2) is 6.03 Å². The Bertz CT molecular complexity index is 80.2. The summed E-state index contributed by atoms with van der Waals surface area (Å²) in [6.45, 7) is 0. The summed E-state index contributed by atoms with van der Waals surface area (Å²) < 4.78 is 0. The summed E-state index contributed by atoms with van der Waals surface area (Å²) in [5, 5.41) is 1.81. The normalized spacial score (nSPS) is 6.86. The van der Waals surface area contributed by atoms with Gasteiger partial charge in [-0.15, -0.1) is 10.4 Å². The Kier molecular flexibility index (Phi) is 2.34. The molecule has 0 spiro atoms. The number of carbonyl (C=O) groups is 1. The van der Waals surface area contributed by atoms with Crippen LogP contribution < -0.4 is 11.2 Å². The fourth-order valence-corrected chi connectivity index (χ4v) is 0.0636. The molecule has 6 nitrogen and oxygen atoms in total. The number of nitrogens with one attached hydrogen (secondary N) is 1. The molecule has 0 rings (SSSR count). The monoisotopic (exact) mass is 105 g/mol. The maximum absolute atomic E-state index is 9.55. The van der Waals surface area contributed by atoms with Gasteiger partial charge >= 0.3 is 6.03 Å². The zero-order chi connectivity index (χ0) is 5.70. The molecule has 0 aliphatic heterocycles. The van der Waals surface area contributed by atoms with E-state index in [4.69, 9.17) is 4.91 Å². The minimum absolute atomic E-state index is 0.959. The molecule has 0 radical (unpaired) electrons. The number of hydroxylamine groups is 1. The molecule has 0 aliphatic carbocycles. The Balaban J connectivity index is 2.97. The number of primary amides is 1. The van der Waals surface area contributed by atoms with Crippen molar-refractivity contribution in [2.24, 2.45) is 11.1 Å². The molecular formula is CH3N3O3. The number of nitrogens with two attached hydrogens (primary N) is 1. The zero-order valence-electron chi connectivity index (χ0n) is 3.25. The molecule has 0 saturated carbocycles. The Hall–Kier alpha value is -1.33. The van der Waals surface area contributed by atoms with Gasteiger partial charge < -0.3 is 5.73 Å². The molecule has 0 heterocycles. The zero-order valence-corrected chi connectivity index (χ0v) is 3.25. The molecule has 7 heavy (non-hydrogen) atoms. The quantitative estimate of drug-likeness (QED) is 0.358. The van der Waals surface area contributed by atoms with E-state index in [1.165, 1.54) is 5.48 Å². The highest BCUT2D eigenvalue weighted by atomic mass is 16.8. The standard InChI is InChI=1S/CH3N3O3/c2-1(5)3-7-4-6/h(H3,2,3,5). The number of nitrogens with zero attached hydrogens (tertiary/aromatic N) is 1. The number of amides is 2. The number of hydrogen-bond acceptors (Lipinski definition) is 4. The van der Waals surface area contributed by atoms with Gasteiger partial charge in [0.1, 0.15) is 0 Å². The molecule has 6 heteroatoms. The van der Waals surface area contributed by atoms with Crippen molar-refractivity contribution in [3.63, 3.8) is 0 Å². The first kappa shape index (κ1) is 5.67. The summed E-state index contributed by atoms with van der Waals surface area (Å²) in [6.07, 6.45) is 0. The second-order valence-corrected chi connectivity index (χ2v) is 0.632. The highest BCUT2D eigenvalue weighted by molar-refractivity contribution is 5.70. The number of carbonyl (C=O) groups excluding carboxylic acids is 1. The van der Waals surface area contributed by atoms with Crippen molar-refractivity contribution in [2.75, 3.05) is 0 Å². The third-order valence-corrected chi connectivity index (χ3v) is 0.184. The Labute approximate surface area is 38.5 Å². The lowest BCUT2D eigenvalue weighted by atomic mass is 11.2. The average molecular weight is 105 g/mol. The van der Waals surface area contributed by atoms with E-state index in [1.807, 2.05) is 5.34 Å². The van der Waals surface area contributed by atoms with E-state index < -0.39 is 6.03 Å². The van der Waals surface area contributed by atoms with E-state index in [1.54, 1.807) is 0 Å². The number of urea groups is 1. The molecule has 0 saturated heterocycles. The lowest BCUT2D eigenvalue weighted by molar-refractivity contribution is 0.0668. The first-order valence-corrected chi connectivity index (χ1v) is 1.31. The van der Waals surface area contributed by atoms with Crippen LogP contribution in [0.15, 0.2) is 5.34 Å². The Morgan fingerprint density at radius 3 is 2.57 bits per heavy atom. The van der Waals surface area contributed by atoms with Gasteiger partial charge in [-0.05, 0) is 0 Å². The summed E-state index contributed by atoms with van der Waals surface area (Å²) in [5.74, 6) is 0. The van der Waals surface area contributed by atoms with Crippen molar-refractivity contribution in [3.8, 4) is 0 Å². The molecule has 0 unspecified atom stereocenters. The van der Waals surface area contributed by atoms with Crippen LogP contribution in [-0.2, 0) is 4.94 Å². The molecule has 0 aromatic carbocycles. The predicted octanol–water partition coefficient (Wildman–Crippen LogP) is -0.732. The van der Waals surface area contributed by atoms with Crippen molar-refractivity contribution in [3.05, 3.63) is 4.91 Å². The van der Waals surface area contributed by atoms with Crippen LogP contribution >= 0.6 is 0 Å². The second kappa shape index (κ2) is 2.88. The first-order chi connectivity index (χ1) is 3.27. The maximum atomic E-state index is 9.55. The molecule has 40 valence electrons. The van der Waals surface area contributed by atoms with Gasteiger partial charge in [0.25, 0.3) is 0 Å². The summed E-state index contributed by atoms with van der Waals surface area (Å²) in [7, 11) is 0. The topological polar surface area (TPSA) is 93.8 Å². The fourth-order valence-electron chi connectivity index (χ4n) is 0.0636. The number of rotatable bonds is 2. The predicted molar refractivity (Wildman–Crippen MR) is 19.6 cm³/mol. The minimum Gasteiger partial charge on any atom is -0.349 e. The van der Waals surface area contributed by atoms with Crippen molar-refractivity contribution in [2.45, 2.75) is 0 Å². The van der Waals surface area contributed by atoms with E-state index in [9.17, 15) is 4.79 Å². The molecule has 0 atom stereocenters. The minimum atomic E-state index is -0.959. The van der Waals surface area contributed by atoms with Crippen LogP contribution in [0.3, 0.4) is 0 Å². The molecule has 0 fully saturated rings. The third kappa shape index (κ3) is 4.67. The fraction of sp³-hybridized carbons (Fsp3) is 0. The van der Waals surface area contributed by atoms with Crippen molar-refractivity contribution in [1.29, 1.82) is 0 Å². The molecule has 0 aliphatic rings. The number of hydrogen-bond donors (Lipinski definition) is 2. The molecule has 0 bridgehead atoms. The van der Waals surface area contributed by atoms with Gasteiger partial charge in [0, 0.05) is 0 Å². The SMILES string of the molecule is NC(=O)NON=O. The van der Waals surface area contributed by atoms with Gasteiger partial charge in [0.2, 0.25) is 0 Å². The smallest absolute Gasteiger partial charge is 0.347 e. The third-order valence-electron chi connectivity index (χ3n) is 0.184. The highest BCUT2D eigenvalue weighted by Crippen LogP contribution is 1.60. The van der Waals surface area contributed by atoms with Gasteiger partial charge in [-0.25, -0.2) is 9.73 Å². The van der Waals surface area contributed by atoms with Crippen LogP contribution in [0.25, 0.3) is 0 Å². The molecular weight excluding hydrogens is 102 g/mol. The van der Waals surface area contributed by atoms with Gasteiger partial charge in [0.05, 0.1) is 0 Å². The van der Waals surface area contributed by atoms with Crippen LogP contribution in [0, 0.1) is 4.91 Å². The lowest BCUT2D eigenvalue weighted by Gasteiger charge is -1.87. The van der Waals surface area contributed by atoms with Crippen LogP contribution in [0.5, 0.6) is 0 Å². The summed E-state index contributed by atoms with van der Waals surface area (Å²) >= 11 is 0. The van der Waals surface area contributed by atoms with E-state index in [0.717, 1.165) is 0 Å². The molecule has 0 aromatic heterocycles. The molecule has 2 amide bonds. The average Bonchev–Trinajstić information content (AvgIpc) is 1.61. The van der Waals surface area contributed by atoms with E-state index in [2.05, 4.69) is 10.7 Å². The Morgan fingerprint density at radius 1 is 1.86 bits per heavy atom. The highest BCUT2D eigenvalue weighted by Gasteiger charge is 1.85. The second-order valence-electron chi connectivity index (χ2n) is 0.632. The Morgan fingerprint density at radius 2 is 2.43 bits per heavy atom. The van der Waals surface area contributed by atoms with E-state index in [0.29, 0.717) is 0 Å². The molecule has 0 aromatic rings. The lowest BCUT2D eigenvalue weighted by Crippen LogP contribution is -2.27. The van der Waals surface area contributed by atoms with Crippen LogP contribution in [0.1, 0.15) is 0 Å². The first-order valence-electron chi connectivity index (χ1n) is 1.31. The van der Waals surface area contributed by atoms with Gasteiger partial charge in [0.15, 0.2) is 5.34 Å². The van der Waals surface area contributed by atoms with E-state index >= 15 is 0 Å².